The molecule has 1 aliphatic rings. The SMILES string of the molecule is CN1CCC(NC(=O)c2cnccc2Cl)C1. The Kier molecular flexibility index (Phi) is 3.41. The van der Waals surface area contributed by atoms with Crippen molar-refractivity contribution in [3.63, 3.8) is 0 Å². The standard InChI is InChI=1S/C11H14ClN3O/c1-15-5-3-8(7-15)14-11(16)9-6-13-4-2-10(9)12/h2,4,6,8H,3,5,7H2,1H3,(H,14,16). The number of hydrogen-bond donors (Lipinski definition) is 1. The summed E-state index contributed by atoms with van der Waals surface area (Å²) < 4.78 is 0. The molecule has 1 N–H and O–H groups in total. The zero-order chi connectivity index (χ0) is 11.5. The average Bonchev–Trinajstić information content (AvgIpc) is 2.64. The van der Waals surface area contributed by atoms with Gasteiger partial charge in [-0.3, -0.25) is 9.78 Å². The van der Waals surface area contributed by atoms with Crippen LogP contribution >= 0.6 is 11.6 Å². The average molecular weight is 240 g/mol. The summed E-state index contributed by atoms with van der Waals surface area (Å²) in [6, 6.07) is 1.84. The van der Waals surface area contributed by atoms with E-state index in [1.807, 2.05) is 7.05 Å². The lowest BCUT2D eigenvalue weighted by molar-refractivity contribution is 0.0938. The lowest BCUT2D eigenvalue weighted by Gasteiger charge is -2.13. The quantitative estimate of drug-likeness (QED) is 0.843. The molecule has 1 saturated heterocycles. The van der Waals surface area contributed by atoms with E-state index in [0.29, 0.717) is 10.6 Å². The number of nitrogens with zero attached hydrogens (tertiary/aromatic N) is 2. The van der Waals surface area contributed by atoms with Gasteiger partial charge in [0.1, 0.15) is 0 Å². The molecule has 2 rings (SSSR count). The third kappa shape index (κ3) is 2.51. The minimum atomic E-state index is -0.140. The van der Waals surface area contributed by atoms with Crippen molar-refractivity contribution in [2.24, 2.45) is 0 Å². The number of halogens is 1. The van der Waals surface area contributed by atoms with E-state index in [1.165, 1.54) is 6.20 Å². The third-order valence-electron chi connectivity index (χ3n) is 2.74. The number of rotatable bonds is 2. The molecule has 1 aromatic rings. The molecule has 1 unspecified atom stereocenters. The summed E-state index contributed by atoms with van der Waals surface area (Å²) in [6.45, 7) is 1.91. The number of aromatic nitrogens is 1. The van der Waals surface area contributed by atoms with E-state index in [0.717, 1.165) is 19.5 Å². The van der Waals surface area contributed by atoms with Crippen LogP contribution in [0, 0.1) is 0 Å². The van der Waals surface area contributed by atoms with Crippen molar-refractivity contribution in [1.29, 1.82) is 0 Å². The Bertz CT molecular complexity index is 397. The highest BCUT2D eigenvalue weighted by molar-refractivity contribution is 6.33. The minimum Gasteiger partial charge on any atom is -0.348 e. The van der Waals surface area contributed by atoms with E-state index in [9.17, 15) is 4.79 Å². The smallest absolute Gasteiger partial charge is 0.254 e. The van der Waals surface area contributed by atoms with Crippen LogP contribution in [0.5, 0.6) is 0 Å². The van der Waals surface area contributed by atoms with Gasteiger partial charge in [-0.2, -0.15) is 0 Å². The molecule has 0 saturated carbocycles. The van der Waals surface area contributed by atoms with Crippen molar-refractivity contribution in [3.8, 4) is 0 Å². The number of carbonyl (C=O) groups is 1. The molecule has 16 heavy (non-hydrogen) atoms. The second-order valence-corrected chi connectivity index (χ2v) is 4.48. The van der Waals surface area contributed by atoms with Crippen molar-refractivity contribution < 1.29 is 4.79 Å². The Hall–Kier alpha value is -1.13. The minimum absolute atomic E-state index is 0.140. The fraction of sp³-hybridized carbons (Fsp3) is 0.455. The monoisotopic (exact) mass is 239 g/mol. The van der Waals surface area contributed by atoms with E-state index in [-0.39, 0.29) is 11.9 Å². The van der Waals surface area contributed by atoms with Crippen molar-refractivity contribution in [2.45, 2.75) is 12.5 Å². The van der Waals surface area contributed by atoms with Crippen LogP contribution in [0.25, 0.3) is 0 Å². The van der Waals surface area contributed by atoms with Gasteiger partial charge in [0.15, 0.2) is 0 Å². The van der Waals surface area contributed by atoms with Gasteiger partial charge in [0.05, 0.1) is 10.6 Å². The van der Waals surface area contributed by atoms with Crippen LogP contribution in [-0.4, -0.2) is 42.0 Å². The van der Waals surface area contributed by atoms with Crippen LogP contribution in [0.3, 0.4) is 0 Å². The van der Waals surface area contributed by atoms with Crippen molar-refractivity contribution in [1.82, 2.24) is 15.2 Å². The summed E-state index contributed by atoms with van der Waals surface area (Å²) in [6.07, 6.45) is 4.05. The summed E-state index contributed by atoms with van der Waals surface area (Å²) in [5.41, 5.74) is 0.443. The van der Waals surface area contributed by atoms with Crippen LogP contribution in [0.1, 0.15) is 16.8 Å². The molecule has 0 radical (unpaired) electrons. The molecule has 0 aliphatic carbocycles. The lowest BCUT2D eigenvalue weighted by atomic mass is 10.2. The second kappa shape index (κ2) is 4.80. The van der Waals surface area contributed by atoms with Crippen molar-refractivity contribution >= 4 is 17.5 Å². The maximum absolute atomic E-state index is 11.9. The molecule has 1 amide bonds. The van der Waals surface area contributed by atoms with Gasteiger partial charge in [-0.15, -0.1) is 0 Å². The van der Waals surface area contributed by atoms with Gasteiger partial charge >= 0.3 is 0 Å². The molecule has 2 heterocycles. The molecule has 0 spiro atoms. The Balaban J connectivity index is 2.01. The predicted octanol–water partition coefficient (Wildman–Crippen LogP) is 1.17. The van der Waals surface area contributed by atoms with Crippen LogP contribution in [-0.2, 0) is 0 Å². The lowest BCUT2D eigenvalue weighted by Crippen LogP contribution is -2.36. The van der Waals surface area contributed by atoms with E-state index in [4.69, 9.17) is 11.6 Å². The Morgan fingerprint density at radius 2 is 2.50 bits per heavy atom. The highest BCUT2D eigenvalue weighted by atomic mass is 35.5. The molecule has 1 aromatic heterocycles. The predicted molar refractivity (Wildman–Crippen MR) is 62.6 cm³/mol. The molecule has 0 bridgehead atoms. The van der Waals surface area contributed by atoms with Gasteiger partial charge in [0, 0.05) is 25.0 Å². The summed E-state index contributed by atoms with van der Waals surface area (Å²) in [5.74, 6) is -0.140. The number of hydrogen-bond acceptors (Lipinski definition) is 3. The topological polar surface area (TPSA) is 45.2 Å². The summed E-state index contributed by atoms with van der Waals surface area (Å²) in [7, 11) is 2.04. The van der Waals surface area contributed by atoms with Crippen LogP contribution in [0.2, 0.25) is 5.02 Å². The summed E-state index contributed by atoms with van der Waals surface area (Å²) in [4.78, 5) is 18.0. The van der Waals surface area contributed by atoms with Gasteiger partial charge in [-0.1, -0.05) is 11.6 Å². The number of carbonyl (C=O) groups excluding carboxylic acids is 1. The van der Waals surface area contributed by atoms with E-state index >= 15 is 0 Å². The first-order valence-corrected chi connectivity index (χ1v) is 5.63. The highest BCUT2D eigenvalue weighted by Crippen LogP contribution is 2.14. The zero-order valence-corrected chi connectivity index (χ0v) is 9.87. The van der Waals surface area contributed by atoms with Crippen molar-refractivity contribution in [2.75, 3.05) is 20.1 Å². The number of pyridine rings is 1. The second-order valence-electron chi connectivity index (χ2n) is 4.08. The summed E-state index contributed by atoms with van der Waals surface area (Å²) >= 11 is 5.92. The van der Waals surface area contributed by atoms with Gasteiger partial charge in [0.25, 0.3) is 5.91 Å². The number of likely N-dealkylation sites (tertiary alicyclic amines) is 1. The third-order valence-corrected chi connectivity index (χ3v) is 3.07. The molecule has 4 nitrogen and oxygen atoms in total. The Labute approximate surface area is 99.6 Å². The largest absolute Gasteiger partial charge is 0.348 e. The maximum atomic E-state index is 11.9. The first-order chi connectivity index (χ1) is 7.66. The molecule has 5 heteroatoms. The molecule has 1 fully saturated rings. The van der Waals surface area contributed by atoms with Crippen LogP contribution < -0.4 is 5.32 Å². The zero-order valence-electron chi connectivity index (χ0n) is 9.11. The van der Waals surface area contributed by atoms with E-state index in [1.54, 1.807) is 12.3 Å². The maximum Gasteiger partial charge on any atom is 0.254 e. The molecule has 86 valence electrons. The van der Waals surface area contributed by atoms with Gasteiger partial charge in [0.2, 0.25) is 0 Å². The highest BCUT2D eigenvalue weighted by Gasteiger charge is 2.22. The van der Waals surface area contributed by atoms with Gasteiger partial charge < -0.3 is 10.2 Å². The first kappa shape index (κ1) is 11.4. The fourth-order valence-electron chi connectivity index (χ4n) is 1.86. The van der Waals surface area contributed by atoms with Crippen LogP contribution in [0.15, 0.2) is 18.5 Å². The molecule has 1 atom stereocenters. The Morgan fingerprint density at radius 1 is 1.69 bits per heavy atom. The number of likely N-dealkylation sites (N-methyl/N-ethyl adjacent to an activating group) is 1. The molecule has 0 aromatic carbocycles. The molecule has 1 aliphatic heterocycles. The van der Waals surface area contributed by atoms with E-state index in [2.05, 4.69) is 15.2 Å². The fourth-order valence-corrected chi connectivity index (χ4v) is 2.05. The normalized spacial score (nSPS) is 21.0. The van der Waals surface area contributed by atoms with Crippen LogP contribution in [0.4, 0.5) is 0 Å². The number of nitrogens with one attached hydrogen (secondary N) is 1. The van der Waals surface area contributed by atoms with Gasteiger partial charge in [-0.25, -0.2) is 0 Å². The van der Waals surface area contributed by atoms with Gasteiger partial charge in [-0.05, 0) is 26.1 Å². The first-order valence-electron chi connectivity index (χ1n) is 5.26. The molecular weight excluding hydrogens is 226 g/mol. The van der Waals surface area contributed by atoms with Crippen molar-refractivity contribution in [3.05, 3.63) is 29.0 Å². The summed E-state index contributed by atoms with van der Waals surface area (Å²) in [5, 5.41) is 3.40. The molecular formula is C11H14ClN3O. The number of amides is 1. The van der Waals surface area contributed by atoms with E-state index < -0.39 is 0 Å². The Morgan fingerprint density at radius 3 is 3.12 bits per heavy atom.